The third kappa shape index (κ3) is 3.97. The van der Waals surface area contributed by atoms with E-state index in [0.717, 1.165) is 21.6 Å². The summed E-state index contributed by atoms with van der Waals surface area (Å²) in [6.07, 6.45) is 0. The van der Waals surface area contributed by atoms with Crippen LogP contribution >= 0.6 is 11.3 Å². The topological polar surface area (TPSA) is 84.7 Å². The predicted molar refractivity (Wildman–Crippen MR) is 131 cm³/mol. The third-order valence-electron chi connectivity index (χ3n) is 5.98. The Morgan fingerprint density at radius 3 is 2.32 bits per heavy atom. The number of thiophene rings is 1. The Kier molecular flexibility index (Phi) is 5.88. The van der Waals surface area contributed by atoms with Crippen LogP contribution < -0.4 is 4.74 Å². The first-order valence-electron chi connectivity index (χ1n) is 10.9. The Hall–Kier alpha value is -3.21. The molecule has 0 spiro atoms. The third-order valence-corrected chi connectivity index (χ3v) is 8.99. The average molecular weight is 497 g/mol. The fourth-order valence-corrected chi connectivity index (χ4v) is 6.65. The smallest absolute Gasteiger partial charge is 0.264 e. The number of carbonyl (C=O) groups excluding carboxylic acids is 1. The molecule has 3 heterocycles. The molecule has 1 saturated heterocycles. The number of amides is 1. The Bertz CT molecular complexity index is 1440. The highest BCUT2D eigenvalue weighted by Gasteiger charge is 2.31. The summed E-state index contributed by atoms with van der Waals surface area (Å²) in [6.45, 7) is 3.12. The maximum atomic E-state index is 13.2. The van der Waals surface area contributed by atoms with E-state index in [9.17, 15) is 13.2 Å². The van der Waals surface area contributed by atoms with Gasteiger partial charge in [0.15, 0.2) is 0 Å². The maximum Gasteiger partial charge on any atom is 0.264 e. The van der Waals surface area contributed by atoms with E-state index in [0.29, 0.717) is 23.7 Å². The molecule has 34 heavy (non-hydrogen) atoms. The SMILES string of the molecule is COc1ccc(S(=O)(=O)N2CCN(C(=O)c3cc4c(C)nn(-c5ccccc5)c4s3)CC2)cc1. The quantitative estimate of drug-likeness (QED) is 0.422. The first-order chi connectivity index (χ1) is 16.4. The number of sulfonamides is 1. The lowest BCUT2D eigenvalue weighted by atomic mass is 10.2. The number of hydrogen-bond acceptors (Lipinski definition) is 6. The Morgan fingerprint density at radius 1 is 1.00 bits per heavy atom. The van der Waals surface area contributed by atoms with Crippen molar-refractivity contribution in [3.05, 3.63) is 71.2 Å². The van der Waals surface area contributed by atoms with Gasteiger partial charge < -0.3 is 9.64 Å². The highest BCUT2D eigenvalue weighted by molar-refractivity contribution is 7.89. The van der Waals surface area contributed by atoms with Crippen LogP contribution in [0.1, 0.15) is 15.4 Å². The lowest BCUT2D eigenvalue weighted by Crippen LogP contribution is -2.50. The highest BCUT2D eigenvalue weighted by Crippen LogP contribution is 2.31. The first kappa shape index (κ1) is 22.6. The van der Waals surface area contributed by atoms with Crippen molar-refractivity contribution < 1.29 is 17.9 Å². The molecule has 2 aromatic carbocycles. The summed E-state index contributed by atoms with van der Waals surface area (Å²) in [7, 11) is -2.09. The van der Waals surface area contributed by atoms with Gasteiger partial charge >= 0.3 is 0 Å². The molecular weight excluding hydrogens is 472 g/mol. The van der Waals surface area contributed by atoms with Crippen molar-refractivity contribution in [1.82, 2.24) is 19.0 Å². The van der Waals surface area contributed by atoms with Crippen molar-refractivity contribution in [1.29, 1.82) is 0 Å². The summed E-state index contributed by atoms with van der Waals surface area (Å²) >= 11 is 1.41. The van der Waals surface area contributed by atoms with Gasteiger partial charge in [-0.2, -0.15) is 9.40 Å². The normalized spacial score (nSPS) is 15.1. The van der Waals surface area contributed by atoms with E-state index in [-0.39, 0.29) is 23.9 Å². The molecule has 2 aromatic heterocycles. The second-order valence-corrected chi connectivity index (χ2v) is 11.0. The molecule has 10 heteroatoms. The molecule has 0 atom stereocenters. The summed E-state index contributed by atoms with van der Waals surface area (Å²) < 4.78 is 34.4. The standard InChI is InChI=1S/C24H24N4O4S2/c1-17-21-16-22(33-24(21)28(25-17)18-6-4-3-5-7-18)23(29)26-12-14-27(15-13-26)34(30,31)20-10-8-19(32-2)9-11-20/h3-11,16H,12-15H2,1-2H3. The molecule has 4 aromatic rings. The number of carbonyl (C=O) groups is 1. The van der Waals surface area contributed by atoms with E-state index in [4.69, 9.17) is 4.74 Å². The molecule has 0 radical (unpaired) electrons. The summed E-state index contributed by atoms with van der Waals surface area (Å²) in [5.74, 6) is 0.519. The fraction of sp³-hybridized carbons (Fsp3) is 0.250. The number of aromatic nitrogens is 2. The number of fused-ring (bicyclic) bond motifs is 1. The van der Waals surface area contributed by atoms with E-state index in [1.54, 1.807) is 29.2 Å². The summed E-state index contributed by atoms with van der Waals surface area (Å²) in [5, 5.41) is 5.59. The van der Waals surface area contributed by atoms with E-state index < -0.39 is 10.0 Å². The van der Waals surface area contributed by atoms with E-state index in [1.807, 2.05) is 48.0 Å². The lowest BCUT2D eigenvalue weighted by molar-refractivity contribution is 0.0703. The number of methoxy groups -OCH3 is 1. The number of aryl methyl sites for hydroxylation is 1. The molecule has 0 aliphatic carbocycles. The molecule has 8 nitrogen and oxygen atoms in total. The minimum atomic E-state index is -3.62. The van der Waals surface area contributed by atoms with Gasteiger partial charge in [-0.25, -0.2) is 13.1 Å². The van der Waals surface area contributed by atoms with Gasteiger partial charge in [-0.05, 0) is 49.4 Å². The van der Waals surface area contributed by atoms with Gasteiger partial charge in [-0.3, -0.25) is 4.79 Å². The van der Waals surface area contributed by atoms with Gasteiger partial charge in [0.1, 0.15) is 10.6 Å². The Labute approximate surface area is 202 Å². The predicted octanol–water partition coefficient (Wildman–Crippen LogP) is 3.55. The average Bonchev–Trinajstić information content (AvgIpc) is 3.45. The largest absolute Gasteiger partial charge is 0.497 e. The van der Waals surface area contributed by atoms with Crippen molar-refractivity contribution in [2.75, 3.05) is 33.3 Å². The van der Waals surface area contributed by atoms with Crippen LogP contribution in [0.4, 0.5) is 0 Å². The maximum absolute atomic E-state index is 13.2. The number of para-hydroxylation sites is 1. The van der Waals surface area contributed by atoms with Gasteiger partial charge in [0.2, 0.25) is 10.0 Å². The van der Waals surface area contributed by atoms with E-state index in [1.165, 1.54) is 22.8 Å². The van der Waals surface area contributed by atoms with Crippen molar-refractivity contribution in [2.45, 2.75) is 11.8 Å². The molecule has 176 valence electrons. The second kappa shape index (κ2) is 8.86. The highest BCUT2D eigenvalue weighted by atomic mass is 32.2. The fourth-order valence-electron chi connectivity index (χ4n) is 4.08. The molecular formula is C24H24N4O4S2. The van der Waals surface area contributed by atoms with Crippen molar-refractivity contribution >= 4 is 37.5 Å². The zero-order chi connectivity index (χ0) is 23.9. The molecule has 0 saturated carbocycles. The first-order valence-corrected chi connectivity index (χ1v) is 13.1. The summed E-state index contributed by atoms with van der Waals surface area (Å²) in [5.41, 5.74) is 1.81. The van der Waals surface area contributed by atoms with Crippen LogP contribution in [-0.4, -0.2) is 66.6 Å². The number of rotatable bonds is 5. The minimum Gasteiger partial charge on any atom is -0.497 e. The van der Waals surface area contributed by atoms with Crippen LogP contribution in [0.15, 0.2) is 65.6 Å². The number of nitrogens with zero attached hydrogens (tertiary/aromatic N) is 4. The minimum absolute atomic E-state index is 0.0818. The number of ether oxygens (including phenoxy) is 1. The van der Waals surface area contributed by atoms with Gasteiger partial charge in [0.05, 0.1) is 28.3 Å². The van der Waals surface area contributed by atoms with Crippen LogP contribution in [0.2, 0.25) is 0 Å². The zero-order valence-corrected chi connectivity index (χ0v) is 20.5. The van der Waals surface area contributed by atoms with E-state index >= 15 is 0 Å². The van der Waals surface area contributed by atoms with Crippen LogP contribution in [0.25, 0.3) is 15.9 Å². The molecule has 0 N–H and O–H groups in total. The lowest BCUT2D eigenvalue weighted by Gasteiger charge is -2.33. The van der Waals surface area contributed by atoms with Crippen LogP contribution in [0.3, 0.4) is 0 Å². The number of benzene rings is 2. The van der Waals surface area contributed by atoms with Gasteiger partial charge in [0, 0.05) is 31.6 Å². The van der Waals surface area contributed by atoms with Crippen molar-refractivity contribution in [2.24, 2.45) is 0 Å². The molecule has 0 unspecified atom stereocenters. The Morgan fingerprint density at radius 2 is 1.68 bits per heavy atom. The van der Waals surface area contributed by atoms with Gasteiger partial charge in [-0.1, -0.05) is 18.2 Å². The zero-order valence-electron chi connectivity index (χ0n) is 18.8. The second-order valence-electron chi connectivity index (χ2n) is 8.03. The van der Waals surface area contributed by atoms with Crippen LogP contribution in [0.5, 0.6) is 5.75 Å². The van der Waals surface area contributed by atoms with Crippen LogP contribution in [-0.2, 0) is 10.0 Å². The summed E-state index contributed by atoms with van der Waals surface area (Å²) in [6, 6.07) is 18.1. The van der Waals surface area contributed by atoms with Crippen LogP contribution in [0, 0.1) is 6.92 Å². The monoisotopic (exact) mass is 496 g/mol. The van der Waals surface area contributed by atoms with Gasteiger partial charge in [-0.15, -0.1) is 11.3 Å². The number of hydrogen-bond donors (Lipinski definition) is 0. The molecule has 5 rings (SSSR count). The summed E-state index contributed by atoms with van der Waals surface area (Å²) in [4.78, 5) is 16.7. The molecule has 0 bridgehead atoms. The van der Waals surface area contributed by atoms with Crippen molar-refractivity contribution in [3.63, 3.8) is 0 Å². The molecule has 1 aliphatic rings. The Balaban J connectivity index is 1.32. The molecule has 1 amide bonds. The number of piperazine rings is 1. The van der Waals surface area contributed by atoms with E-state index in [2.05, 4.69) is 5.10 Å². The van der Waals surface area contributed by atoms with Crippen molar-refractivity contribution in [3.8, 4) is 11.4 Å². The molecule has 1 aliphatic heterocycles. The van der Waals surface area contributed by atoms with Gasteiger partial charge in [0.25, 0.3) is 5.91 Å². The molecule has 1 fully saturated rings.